The van der Waals surface area contributed by atoms with E-state index in [2.05, 4.69) is 88.9 Å². The number of benzene rings is 4. The summed E-state index contributed by atoms with van der Waals surface area (Å²) in [7, 11) is -0.842. The molecule has 0 aromatic heterocycles. The van der Waals surface area contributed by atoms with Crippen molar-refractivity contribution in [3.63, 3.8) is 0 Å². The number of nitrogens with one attached hydrogen (secondary N) is 1. The molecule has 4 nitrogen and oxygen atoms in total. The Morgan fingerprint density at radius 1 is 0.676 bits per heavy atom. The molecule has 0 unspecified atom stereocenters. The fraction of sp³-hybridized carbons (Fsp3) is 0.161. The van der Waals surface area contributed by atoms with Crippen molar-refractivity contribution in [3.8, 4) is 0 Å². The minimum atomic E-state index is -2.12. The van der Waals surface area contributed by atoms with Gasteiger partial charge < -0.3 is 27.0 Å². The van der Waals surface area contributed by atoms with Crippen LogP contribution >= 0.6 is 7.26 Å². The average molecular weight is 578 g/mol. The van der Waals surface area contributed by atoms with Crippen LogP contribution < -0.4 is 38.2 Å². The van der Waals surface area contributed by atoms with Gasteiger partial charge in [0.05, 0.1) is 7.11 Å². The van der Waals surface area contributed by atoms with Crippen LogP contribution in [0.15, 0.2) is 115 Å². The van der Waals surface area contributed by atoms with Crippen LogP contribution in [-0.4, -0.2) is 19.0 Å². The molecule has 0 radical (unpaired) electrons. The van der Waals surface area contributed by atoms with Gasteiger partial charge in [-0.2, -0.15) is 0 Å². The summed E-state index contributed by atoms with van der Waals surface area (Å²) in [5, 5.41) is 6.73. The molecule has 192 valence electrons. The quantitative estimate of drug-likeness (QED) is 0.199. The lowest BCUT2D eigenvalue weighted by molar-refractivity contribution is -0.142. The van der Waals surface area contributed by atoms with E-state index in [0.29, 0.717) is 5.69 Å². The highest BCUT2D eigenvalue weighted by Crippen LogP contribution is 2.58. The Labute approximate surface area is 231 Å². The molecule has 0 heterocycles. The van der Waals surface area contributed by atoms with Crippen LogP contribution in [0.5, 0.6) is 0 Å². The second kappa shape index (κ2) is 15.1. The van der Waals surface area contributed by atoms with Gasteiger partial charge in [0.1, 0.15) is 35.8 Å². The normalized spacial score (nSPS) is 10.2. The number of hydrogen-bond acceptors (Lipinski definition) is 3. The van der Waals surface area contributed by atoms with Crippen molar-refractivity contribution < 1.29 is 31.3 Å². The molecule has 0 aliphatic heterocycles. The summed E-state index contributed by atoms with van der Waals surface area (Å²) < 4.78 is 4.65. The van der Waals surface area contributed by atoms with Crippen molar-refractivity contribution in [1.29, 1.82) is 0 Å². The fourth-order valence-corrected chi connectivity index (χ4v) is 8.47. The number of rotatable bonds is 8. The maximum absolute atomic E-state index is 12.5. The predicted octanol–water partition coefficient (Wildman–Crippen LogP) is 2.71. The van der Waals surface area contributed by atoms with E-state index >= 15 is 0 Å². The summed E-state index contributed by atoms with van der Waals surface area (Å²) in [4.78, 5) is 24.1. The molecular formula is C31H33BrNO3P. The van der Waals surface area contributed by atoms with Gasteiger partial charge >= 0.3 is 5.97 Å². The smallest absolute Gasteiger partial charge is 0.315 e. The maximum atomic E-state index is 12.5. The molecule has 0 bridgehead atoms. The highest BCUT2D eigenvalue weighted by molar-refractivity contribution is 7.95. The molecule has 6 heteroatoms. The molecule has 4 rings (SSSR count). The number of carbonyl (C=O) groups excluding carboxylic acids is 2. The zero-order valence-corrected chi connectivity index (χ0v) is 23.9. The lowest BCUT2D eigenvalue weighted by Gasteiger charge is -2.28. The number of halogens is 1. The zero-order valence-electron chi connectivity index (χ0n) is 21.4. The third-order valence-electron chi connectivity index (χ3n) is 5.82. The molecule has 1 N–H and O–H groups in total. The Balaban J connectivity index is 0.00000157. The summed E-state index contributed by atoms with van der Waals surface area (Å²) in [6.07, 6.45) is 0.404. The van der Waals surface area contributed by atoms with E-state index in [1.165, 1.54) is 23.0 Å². The second-order valence-electron chi connectivity index (χ2n) is 7.93. The number of methoxy groups -OCH3 is 1. The second-order valence-corrected chi connectivity index (χ2v) is 11.4. The zero-order chi connectivity index (χ0) is 25.8. The Bertz CT molecular complexity index is 1150. The fourth-order valence-electron chi connectivity index (χ4n) is 4.20. The van der Waals surface area contributed by atoms with Gasteiger partial charge in [-0.1, -0.05) is 86.6 Å². The molecule has 0 saturated heterocycles. The summed E-state index contributed by atoms with van der Waals surface area (Å²) in [6.45, 7) is 4.00. The van der Waals surface area contributed by atoms with Crippen molar-refractivity contribution in [2.45, 2.75) is 26.4 Å². The standard InChI is InChI=1S/C29H26NO3P.C2H6.BrH/c1-33-29(32)21-28(31)30-27-20-12-11-13-23(27)22-34(24-14-5-2-6-15-24,25-16-7-3-8-17-25)26-18-9-4-10-19-26;1-2;/h2-20H,21-22H2,1H3;1-2H3;1H. The van der Waals surface area contributed by atoms with Crippen molar-refractivity contribution in [3.05, 3.63) is 121 Å². The highest BCUT2D eigenvalue weighted by atomic mass is 79.9. The summed E-state index contributed by atoms with van der Waals surface area (Å²) in [6, 6.07) is 39.6. The first-order valence-electron chi connectivity index (χ1n) is 12.1. The maximum Gasteiger partial charge on any atom is 0.315 e. The average Bonchev–Trinajstić information content (AvgIpc) is 2.95. The van der Waals surface area contributed by atoms with Gasteiger partial charge in [-0.15, -0.1) is 0 Å². The first-order chi connectivity index (χ1) is 17.6. The third-order valence-corrected chi connectivity index (χ3v) is 10.2. The van der Waals surface area contributed by atoms with E-state index in [4.69, 9.17) is 0 Å². The monoisotopic (exact) mass is 577 g/mol. The summed E-state index contributed by atoms with van der Waals surface area (Å²) in [5.74, 6) is -0.947. The van der Waals surface area contributed by atoms with E-state index in [0.717, 1.165) is 11.7 Å². The van der Waals surface area contributed by atoms with Crippen LogP contribution in [0, 0.1) is 0 Å². The minimum Gasteiger partial charge on any atom is -1.00 e. The Morgan fingerprint density at radius 3 is 1.51 bits per heavy atom. The Hall–Kier alpha value is -3.27. The van der Waals surface area contributed by atoms with Gasteiger partial charge in [0.15, 0.2) is 0 Å². The highest BCUT2D eigenvalue weighted by Gasteiger charge is 2.45. The number of anilines is 1. The van der Waals surface area contributed by atoms with Crippen LogP contribution in [0.4, 0.5) is 5.69 Å². The third kappa shape index (κ3) is 7.38. The molecule has 4 aromatic rings. The van der Waals surface area contributed by atoms with Crippen LogP contribution in [0.25, 0.3) is 0 Å². The molecule has 0 aliphatic carbocycles. The van der Waals surface area contributed by atoms with Crippen LogP contribution in [0.3, 0.4) is 0 Å². The molecule has 0 aliphatic rings. The molecule has 4 aromatic carbocycles. The van der Waals surface area contributed by atoms with Crippen molar-refractivity contribution in [2.75, 3.05) is 12.4 Å². The summed E-state index contributed by atoms with van der Waals surface area (Å²) >= 11 is 0. The van der Waals surface area contributed by atoms with Crippen LogP contribution in [0.2, 0.25) is 0 Å². The lowest BCUT2D eigenvalue weighted by atomic mass is 10.2. The number of hydrogen-bond donors (Lipinski definition) is 1. The van der Waals surface area contributed by atoms with Gasteiger partial charge in [0.25, 0.3) is 0 Å². The number of carbonyl (C=O) groups is 2. The topological polar surface area (TPSA) is 55.4 Å². The molecule has 0 saturated carbocycles. The molecule has 1 amide bonds. The van der Waals surface area contributed by atoms with Gasteiger partial charge in [-0.25, -0.2) is 0 Å². The molecule has 0 atom stereocenters. The van der Waals surface area contributed by atoms with Crippen molar-refractivity contribution in [2.24, 2.45) is 0 Å². The summed E-state index contributed by atoms with van der Waals surface area (Å²) in [5.41, 5.74) is 1.73. The Morgan fingerprint density at radius 2 is 1.08 bits per heavy atom. The van der Waals surface area contributed by atoms with Gasteiger partial charge in [-0.3, -0.25) is 9.59 Å². The van der Waals surface area contributed by atoms with E-state index in [9.17, 15) is 9.59 Å². The molecule has 37 heavy (non-hydrogen) atoms. The minimum absolute atomic E-state index is 0. The number of amides is 1. The number of esters is 1. The molecule has 0 spiro atoms. The largest absolute Gasteiger partial charge is 1.00 e. The SMILES string of the molecule is CC.COC(=O)CC(=O)Nc1ccccc1C[P+](c1ccccc1)(c1ccccc1)c1ccccc1.[Br-]. The van der Waals surface area contributed by atoms with E-state index in [1.807, 2.05) is 50.2 Å². The van der Waals surface area contributed by atoms with Crippen LogP contribution in [0.1, 0.15) is 25.8 Å². The van der Waals surface area contributed by atoms with E-state index < -0.39 is 13.2 Å². The van der Waals surface area contributed by atoms with Gasteiger partial charge in [0, 0.05) is 11.3 Å². The first kappa shape index (κ1) is 30.0. The van der Waals surface area contributed by atoms with Gasteiger partial charge in [-0.05, 0) is 42.5 Å². The van der Waals surface area contributed by atoms with Crippen molar-refractivity contribution in [1.82, 2.24) is 0 Å². The van der Waals surface area contributed by atoms with Crippen molar-refractivity contribution >= 4 is 40.7 Å². The van der Waals surface area contributed by atoms with E-state index in [-0.39, 0.29) is 29.3 Å². The van der Waals surface area contributed by atoms with Crippen LogP contribution in [-0.2, 0) is 20.5 Å². The number of ether oxygens (including phenoxy) is 1. The lowest BCUT2D eigenvalue weighted by Crippen LogP contribution is -3.00. The molecular weight excluding hydrogens is 545 g/mol. The number of para-hydroxylation sites is 1. The molecule has 0 fully saturated rings. The van der Waals surface area contributed by atoms with Gasteiger partial charge in [0.2, 0.25) is 5.91 Å². The first-order valence-corrected chi connectivity index (χ1v) is 14.1. The van der Waals surface area contributed by atoms with E-state index in [1.54, 1.807) is 0 Å². The predicted molar refractivity (Wildman–Crippen MR) is 152 cm³/mol. The Kier molecular flexibility index (Phi) is 12.2.